The van der Waals surface area contributed by atoms with E-state index in [9.17, 15) is 0 Å². The van der Waals surface area contributed by atoms with Crippen molar-refractivity contribution >= 4 is 0 Å². The summed E-state index contributed by atoms with van der Waals surface area (Å²) in [4.78, 5) is 4.05. The van der Waals surface area contributed by atoms with E-state index in [1.54, 1.807) is 6.20 Å². The first-order valence-corrected chi connectivity index (χ1v) is 4.06. The van der Waals surface area contributed by atoms with Gasteiger partial charge in [0.2, 0.25) is 0 Å². The van der Waals surface area contributed by atoms with Gasteiger partial charge in [0.25, 0.3) is 0 Å². The van der Waals surface area contributed by atoms with E-state index in [1.807, 2.05) is 7.05 Å². The van der Waals surface area contributed by atoms with Crippen molar-refractivity contribution in [1.29, 1.82) is 0 Å². The predicted molar refractivity (Wildman–Crippen MR) is 44.7 cm³/mol. The van der Waals surface area contributed by atoms with Gasteiger partial charge in [0.05, 0.1) is 12.7 Å². The first kappa shape index (κ1) is 9.22. The number of nitrogens with one attached hydrogen (secondary N) is 1. The summed E-state index contributed by atoms with van der Waals surface area (Å²) < 4.78 is 5.34. The number of hydrogen-bond acceptors (Lipinski definition) is 4. The van der Waals surface area contributed by atoms with Crippen LogP contribution in [0.4, 0.5) is 0 Å². The van der Waals surface area contributed by atoms with Gasteiger partial charge in [-0.25, -0.2) is 4.98 Å². The van der Waals surface area contributed by atoms with Crippen LogP contribution in [0.3, 0.4) is 0 Å². The van der Waals surface area contributed by atoms with Crippen LogP contribution in [-0.2, 0) is 13.0 Å². The first-order valence-electron chi connectivity index (χ1n) is 4.06. The van der Waals surface area contributed by atoms with Crippen molar-refractivity contribution in [3.05, 3.63) is 17.8 Å². The van der Waals surface area contributed by atoms with Crippen molar-refractivity contribution in [2.45, 2.75) is 19.4 Å². The van der Waals surface area contributed by atoms with E-state index in [2.05, 4.69) is 10.3 Å². The lowest BCUT2D eigenvalue weighted by atomic mass is 10.3. The van der Waals surface area contributed by atoms with Crippen molar-refractivity contribution in [3.63, 3.8) is 0 Å². The summed E-state index contributed by atoms with van der Waals surface area (Å²) >= 11 is 0. The summed E-state index contributed by atoms with van der Waals surface area (Å²) in [6.07, 6.45) is 3.13. The van der Waals surface area contributed by atoms with E-state index in [1.165, 1.54) is 0 Å². The SMILES string of the molecule is CNCc1cnc(CCCO)o1. The lowest BCUT2D eigenvalue weighted by Gasteiger charge is -1.92. The third kappa shape index (κ3) is 2.64. The molecule has 0 amide bonds. The Morgan fingerprint density at radius 3 is 3.17 bits per heavy atom. The zero-order valence-corrected chi connectivity index (χ0v) is 7.21. The van der Waals surface area contributed by atoms with Crippen LogP contribution in [0.5, 0.6) is 0 Å². The van der Waals surface area contributed by atoms with Crippen LogP contribution < -0.4 is 5.32 Å². The molecular formula is C8H14N2O2. The molecule has 0 bridgehead atoms. The average Bonchev–Trinajstić information content (AvgIpc) is 2.50. The van der Waals surface area contributed by atoms with Crippen molar-refractivity contribution < 1.29 is 9.52 Å². The zero-order chi connectivity index (χ0) is 8.81. The molecule has 0 saturated heterocycles. The molecule has 0 aliphatic rings. The fourth-order valence-corrected chi connectivity index (χ4v) is 0.950. The smallest absolute Gasteiger partial charge is 0.194 e. The standard InChI is InChI=1S/C8H14N2O2/c1-9-5-7-6-10-8(12-7)3-2-4-11/h6,9,11H,2-5H2,1H3. The molecule has 0 atom stereocenters. The largest absolute Gasteiger partial charge is 0.444 e. The van der Waals surface area contributed by atoms with Gasteiger partial charge in [-0.1, -0.05) is 0 Å². The third-order valence-electron chi connectivity index (χ3n) is 1.50. The molecule has 68 valence electrons. The number of hydrogen-bond donors (Lipinski definition) is 2. The second-order valence-corrected chi connectivity index (χ2v) is 2.58. The van der Waals surface area contributed by atoms with E-state index in [0.717, 1.165) is 5.76 Å². The van der Waals surface area contributed by atoms with E-state index in [0.29, 0.717) is 25.3 Å². The summed E-state index contributed by atoms with van der Waals surface area (Å²) in [6.45, 7) is 0.885. The fraction of sp³-hybridized carbons (Fsp3) is 0.625. The first-order chi connectivity index (χ1) is 5.86. The van der Waals surface area contributed by atoms with Gasteiger partial charge in [0.15, 0.2) is 5.89 Å². The van der Waals surface area contributed by atoms with Gasteiger partial charge in [-0.05, 0) is 13.5 Å². The third-order valence-corrected chi connectivity index (χ3v) is 1.50. The van der Waals surface area contributed by atoms with Gasteiger partial charge < -0.3 is 14.8 Å². The van der Waals surface area contributed by atoms with Gasteiger partial charge in [-0.2, -0.15) is 0 Å². The second-order valence-electron chi connectivity index (χ2n) is 2.58. The Kier molecular flexibility index (Phi) is 3.76. The average molecular weight is 170 g/mol. The normalized spacial score (nSPS) is 10.5. The van der Waals surface area contributed by atoms with Gasteiger partial charge in [0, 0.05) is 13.0 Å². The molecule has 0 spiro atoms. The molecule has 0 fully saturated rings. The van der Waals surface area contributed by atoms with Crippen LogP contribution >= 0.6 is 0 Å². The molecule has 0 radical (unpaired) electrons. The Morgan fingerprint density at radius 1 is 1.67 bits per heavy atom. The van der Waals surface area contributed by atoms with Gasteiger partial charge in [-0.15, -0.1) is 0 Å². The Bertz CT molecular complexity index is 223. The summed E-state index contributed by atoms with van der Waals surface area (Å²) in [5, 5.41) is 11.5. The number of aliphatic hydroxyl groups is 1. The lowest BCUT2D eigenvalue weighted by molar-refractivity contribution is 0.282. The highest BCUT2D eigenvalue weighted by Gasteiger charge is 2.01. The maximum Gasteiger partial charge on any atom is 0.194 e. The molecule has 4 nitrogen and oxygen atoms in total. The molecular weight excluding hydrogens is 156 g/mol. The fourth-order valence-electron chi connectivity index (χ4n) is 0.950. The maximum absolute atomic E-state index is 8.56. The highest BCUT2D eigenvalue weighted by molar-refractivity contribution is 4.93. The minimum Gasteiger partial charge on any atom is -0.444 e. The number of nitrogens with zero attached hydrogens (tertiary/aromatic N) is 1. The molecule has 0 aliphatic heterocycles. The quantitative estimate of drug-likeness (QED) is 0.668. The molecule has 4 heteroatoms. The van der Waals surface area contributed by atoms with Gasteiger partial charge in [-0.3, -0.25) is 0 Å². The molecule has 12 heavy (non-hydrogen) atoms. The van der Waals surface area contributed by atoms with E-state index >= 15 is 0 Å². The van der Waals surface area contributed by atoms with E-state index in [4.69, 9.17) is 9.52 Å². The number of aromatic nitrogens is 1. The highest BCUT2D eigenvalue weighted by Crippen LogP contribution is 2.04. The molecule has 0 aromatic carbocycles. The Hall–Kier alpha value is -0.870. The maximum atomic E-state index is 8.56. The van der Waals surface area contributed by atoms with Crippen molar-refractivity contribution in [3.8, 4) is 0 Å². The summed E-state index contributed by atoms with van der Waals surface area (Å²) in [7, 11) is 1.86. The van der Waals surface area contributed by atoms with E-state index in [-0.39, 0.29) is 6.61 Å². The second kappa shape index (κ2) is 4.90. The Morgan fingerprint density at radius 2 is 2.50 bits per heavy atom. The van der Waals surface area contributed by atoms with Gasteiger partial charge >= 0.3 is 0 Å². The van der Waals surface area contributed by atoms with Crippen molar-refractivity contribution in [2.75, 3.05) is 13.7 Å². The molecule has 2 N–H and O–H groups in total. The zero-order valence-electron chi connectivity index (χ0n) is 7.21. The number of aliphatic hydroxyl groups excluding tert-OH is 1. The molecule has 1 rings (SSSR count). The molecule has 1 aromatic rings. The summed E-state index contributed by atoms with van der Waals surface area (Å²) in [6, 6.07) is 0. The number of oxazole rings is 1. The van der Waals surface area contributed by atoms with Crippen LogP contribution in [0.1, 0.15) is 18.1 Å². The van der Waals surface area contributed by atoms with Crippen LogP contribution in [0.25, 0.3) is 0 Å². The minimum atomic E-state index is 0.184. The van der Waals surface area contributed by atoms with Crippen LogP contribution in [0, 0.1) is 0 Å². The molecule has 1 heterocycles. The molecule has 1 aromatic heterocycles. The Labute approximate surface area is 71.6 Å². The van der Waals surface area contributed by atoms with Crippen molar-refractivity contribution in [2.24, 2.45) is 0 Å². The summed E-state index contributed by atoms with van der Waals surface area (Å²) in [5.74, 6) is 1.54. The lowest BCUT2D eigenvalue weighted by Crippen LogP contribution is -2.03. The van der Waals surface area contributed by atoms with Crippen LogP contribution in [0.15, 0.2) is 10.6 Å². The number of rotatable bonds is 5. The monoisotopic (exact) mass is 170 g/mol. The minimum absolute atomic E-state index is 0.184. The Balaban J connectivity index is 2.41. The molecule has 0 aliphatic carbocycles. The summed E-state index contributed by atoms with van der Waals surface area (Å²) in [5.41, 5.74) is 0. The number of aryl methyl sites for hydroxylation is 1. The predicted octanol–water partition coefficient (Wildman–Crippen LogP) is 0.319. The molecule has 0 saturated carbocycles. The van der Waals surface area contributed by atoms with Gasteiger partial charge in [0.1, 0.15) is 5.76 Å². The van der Waals surface area contributed by atoms with E-state index < -0.39 is 0 Å². The molecule has 0 unspecified atom stereocenters. The van der Waals surface area contributed by atoms with Crippen molar-refractivity contribution in [1.82, 2.24) is 10.3 Å². The van der Waals surface area contributed by atoms with Crippen LogP contribution in [-0.4, -0.2) is 23.7 Å². The highest BCUT2D eigenvalue weighted by atomic mass is 16.4. The topological polar surface area (TPSA) is 58.3 Å². The van der Waals surface area contributed by atoms with Crippen LogP contribution in [0.2, 0.25) is 0 Å².